The molecule has 0 saturated carbocycles. The molecule has 1 aliphatic rings. The fourth-order valence-electron chi connectivity index (χ4n) is 3.11. The molecule has 128 valence electrons. The van der Waals surface area contributed by atoms with Crippen LogP contribution in [0.25, 0.3) is 0 Å². The predicted octanol–water partition coefficient (Wildman–Crippen LogP) is 3.61. The maximum absolute atomic E-state index is 9.80. The smallest absolute Gasteiger partial charge is 0.158 e. The molecule has 0 bridgehead atoms. The number of phenolic OH excluding ortho intramolecular Hbond substituents is 2. The zero-order chi connectivity index (χ0) is 17.8. The molecule has 2 aromatic rings. The monoisotopic (exact) mass is 335 g/mol. The van der Waals surface area contributed by atoms with Gasteiger partial charge in [0.2, 0.25) is 0 Å². The van der Waals surface area contributed by atoms with Crippen molar-refractivity contribution in [2.75, 3.05) is 6.54 Å². The molecule has 2 N–H and O–H groups in total. The normalized spacial score (nSPS) is 17.0. The summed E-state index contributed by atoms with van der Waals surface area (Å²) in [7, 11) is 0. The number of benzene rings is 2. The van der Waals surface area contributed by atoms with Gasteiger partial charge in [0.1, 0.15) is 0 Å². The third-order valence-electron chi connectivity index (χ3n) is 4.58. The quantitative estimate of drug-likeness (QED) is 0.837. The Morgan fingerprint density at radius 1 is 1.16 bits per heavy atom. The van der Waals surface area contributed by atoms with Gasteiger partial charge in [0.25, 0.3) is 0 Å². The van der Waals surface area contributed by atoms with E-state index in [9.17, 15) is 10.2 Å². The van der Waals surface area contributed by atoms with E-state index >= 15 is 0 Å². The number of hydrazone groups is 1. The van der Waals surface area contributed by atoms with Gasteiger partial charge >= 0.3 is 0 Å². The van der Waals surface area contributed by atoms with Crippen LogP contribution in [0.2, 0.25) is 0 Å². The van der Waals surface area contributed by atoms with Crippen LogP contribution in [0.4, 0.5) is 0 Å². The molecule has 1 unspecified atom stereocenters. The molecule has 0 fully saturated rings. The maximum Gasteiger partial charge on any atom is 0.158 e. The van der Waals surface area contributed by atoms with E-state index in [4.69, 9.17) is 10.4 Å². The molecule has 0 saturated heterocycles. The van der Waals surface area contributed by atoms with Crippen molar-refractivity contribution in [1.82, 2.24) is 5.01 Å². The van der Waals surface area contributed by atoms with Crippen LogP contribution in [0.3, 0.4) is 0 Å². The third-order valence-corrected chi connectivity index (χ3v) is 4.58. The van der Waals surface area contributed by atoms with Gasteiger partial charge in [-0.15, -0.1) is 0 Å². The van der Waals surface area contributed by atoms with Crippen LogP contribution in [-0.2, 0) is 6.54 Å². The average molecular weight is 335 g/mol. The molecule has 0 aromatic heterocycles. The first kappa shape index (κ1) is 16.8. The minimum atomic E-state index is -0.126. The highest BCUT2D eigenvalue weighted by molar-refractivity contribution is 6.02. The zero-order valence-corrected chi connectivity index (χ0v) is 14.2. The molecular weight excluding hydrogens is 314 g/mol. The van der Waals surface area contributed by atoms with Gasteiger partial charge in [-0.05, 0) is 48.7 Å². The fourth-order valence-corrected chi connectivity index (χ4v) is 3.11. The Hall–Kier alpha value is -3.00. The summed E-state index contributed by atoms with van der Waals surface area (Å²) >= 11 is 0. The highest BCUT2D eigenvalue weighted by Gasteiger charge is 2.23. The topological polar surface area (TPSA) is 79.9 Å². The summed E-state index contributed by atoms with van der Waals surface area (Å²) in [6.45, 7) is 3.68. The second-order valence-electron chi connectivity index (χ2n) is 6.28. The fraction of sp³-hybridized carbons (Fsp3) is 0.300. The van der Waals surface area contributed by atoms with Gasteiger partial charge < -0.3 is 10.2 Å². The highest BCUT2D eigenvalue weighted by atomic mass is 16.3. The second-order valence-corrected chi connectivity index (χ2v) is 6.28. The number of phenols is 2. The van der Waals surface area contributed by atoms with Gasteiger partial charge in [-0.25, -0.2) is 0 Å². The molecular formula is C20H21N3O2. The molecule has 0 radical (unpaired) electrons. The van der Waals surface area contributed by atoms with Crippen LogP contribution in [0, 0.1) is 17.2 Å². The molecule has 3 rings (SSSR count). The van der Waals surface area contributed by atoms with Gasteiger partial charge in [-0.1, -0.05) is 19.1 Å². The van der Waals surface area contributed by atoms with E-state index in [1.165, 1.54) is 6.07 Å². The first-order valence-corrected chi connectivity index (χ1v) is 8.45. The third kappa shape index (κ3) is 3.74. The molecule has 1 heterocycles. The molecule has 0 amide bonds. The Morgan fingerprint density at radius 3 is 2.56 bits per heavy atom. The van der Waals surface area contributed by atoms with Crippen LogP contribution >= 0.6 is 0 Å². The molecule has 2 aromatic carbocycles. The second kappa shape index (κ2) is 7.27. The molecule has 5 heteroatoms. The van der Waals surface area contributed by atoms with Gasteiger partial charge in [-0.2, -0.15) is 10.4 Å². The molecule has 0 spiro atoms. The van der Waals surface area contributed by atoms with E-state index in [0.29, 0.717) is 18.0 Å². The lowest BCUT2D eigenvalue weighted by Gasteiger charge is -2.31. The van der Waals surface area contributed by atoms with Crippen LogP contribution in [0.15, 0.2) is 47.6 Å². The maximum atomic E-state index is 9.80. The number of hydrogen-bond donors (Lipinski definition) is 2. The summed E-state index contributed by atoms with van der Waals surface area (Å²) in [6, 6.07) is 14.5. The summed E-state index contributed by atoms with van der Waals surface area (Å²) in [5.74, 6) is 0.0862. The molecule has 0 aliphatic carbocycles. The Kier molecular flexibility index (Phi) is 4.90. The standard InChI is InChI=1S/C20H21N3O2/c1-2-16-9-10-23(13-15-5-3-14(12-21)4-6-15)22-20(16)17-7-8-18(24)19(25)11-17/h3-8,11,16,24-25H,2,9-10,13H2,1H3. The van der Waals surface area contributed by atoms with E-state index in [1.807, 2.05) is 29.3 Å². The first-order chi connectivity index (χ1) is 12.1. The average Bonchev–Trinajstić information content (AvgIpc) is 2.64. The summed E-state index contributed by atoms with van der Waals surface area (Å²) in [5, 5.41) is 35.0. The van der Waals surface area contributed by atoms with Crippen molar-refractivity contribution in [3.05, 3.63) is 59.2 Å². The predicted molar refractivity (Wildman–Crippen MR) is 96.3 cm³/mol. The van der Waals surface area contributed by atoms with Gasteiger partial charge in [0.05, 0.1) is 23.9 Å². The number of nitrogens with zero attached hydrogens (tertiary/aromatic N) is 3. The van der Waals surface area contributed by atoms with Crippen LogP contribution in [0.1, 0.15) is 36.5 Å². The molecule has 5 nitrogen and oxygen atoms in total. The summed E-state index contributed by atoms with van der Waals surface area (Å²) in [4.78, 5) is 0. The Labute approximate surface area is 147 Å². The Bertz CT molecular complexity index is 822. The minimum absolute atomic E-state index is 0.123. The lowest BCUT2D eigenvalue weighted by Crippen LogP contribution is -2.32. The van der Waals surface area contributed by atoms with E-state index in [0.717, 1.165) is 36.2 Å². The number of nitriles is 1. The number of rotatable bonds is 4. The van der Waals surface area contributed by atoms with E-state index < -0.39 is 0 Å². The Morgan fingerprint density at radius 2 is 1.92 bits per heavy atom. The number of aromatic hydroxyl groups is 2. The van der Waals surface area contributed by atoms with Crippen LogP contribution in [-0.4, -0.2) is 27.5 Å². The van der Waals surface area contributed by atoms with E-state index in [1.54, 1.807) is 12.1 Å². The lowest BCUT2D eigenvalue weighted by molar-refractivity contribution is 0.245. The molecule has 1 atom stereocenters. The van der Waals surface area contributed by atoms with Crippen molar-refractivity contribution in [2.45, 2.75) is 26.3 Å². The van der Waals surface area contributed by atoms with E-state index in [-0.39, 0.29) is 11.5 Å². The SMILES string of the molecule is CCC1CCN(Cc2ccc(C#N)cc2)N=C1c1ccc(O)c(O)c1. The zero-order valence-electron chi connectivity index (χ0n) is 14.2. The van der Waals surface area contributed by atoms with Crippen molar-refractivity contribution in [2.24, 2.45) is 11.0 Å². The van der Waals surface area contributed by atoms with Gasteiger partial charge in [-0.3, -0.25) is 5.01 Å². The largest absolute Gasteiger partial charge is 0.504 e. The summed E-state index contributed by atoms with van der Waals surface area (Å²) < 4.78 is 0. The van der Waals surface area contributed by atoms with Crippen molar-refractivity contribution < 1.29 is 10.2 Å². The summed E-state index contributed by atoms with van der Waals surface area (Å²) in [6.07, 6.45) is 1.97. The summed E-state index contributed by atoms with van der Waals surface area (Å²) in [5.41, 5.74) is 3.53. The number of hydrogen-bond acceptors (Lipinski definition) is 5. The minimum Gasteiger partial charge on any atom is -0.504 e. The van der Waals surface area contributed by atoms with Crippen LogP contribution < -0.4 is 0 Å². The Balaban J connectivity index is 1.85. The van der Waals surface area contributed by atoms with Crippen molar-refractivity contribution in [1.29, 1.82) is 5.26 Å². The van der Waals surface area contributed by atoms with Crippen molar-refractivity contribution in [3.63, 3.8) is 0 Å². The van der Waals surface area contributed by atoms with Crippen molar-refractivity contribution >= 4 is 5.71 Å². The first-order valence-electron chi connectivity index (χ1n) is 8.45. The molecule has 1 aliphatic heterocycles. The van der Waals surface area contributed by atoms with E-state index in [2.05, 4.69) is 13.0 Å². The lowest BCUT2D eigenvalue weighted by atomic mass is 9.90. The highest BCUT2D eigenvalue weighted by Crippen LogP contribution is 2.29. The van der Waals surface area contributed by atoms with Crippen molar-refractivity contribution in [3.8, 4) is 17.6 Å². The van der Waals surface area contributed by atoms with Crippen LogP contribution in [0.5, 0.6) is 11.5 Å². The molecule has 25 heavy (non-hydrogen) atoms. The van der Waals surface area contributed by atoms with Gasteiger partial charge in [0, 0.05) is 18.0 Å². The van der Waals surface area contributed by atoms with Gasteiger partial charge in [0.15, 0.2) is 11.5 Å².